The van der Waals surface area contributed by atoms with Gasteiger partial charge in [-0.25, -0.2) is 0 Å². The lowest BCUT2D eigenvalue weighted by atomic mass is 9.66. The van der Waals surface area contributed by atoms with Gasteiger partial charge in [-0.1, -0.05) is 70.2 Å². The Kier molecular flexibility index (Phi) is 3.83. The lowest BCUT2D eigenvalue weighted by molar-refractivity contribution is -0.745. The summed E-state index contributed by atoms with van der Waals surface area (Å²) in [7, 11) is 2.17. The second-order valence-corrected chi connectivity index (χ2v) is 10.9. The highest BCUT2D eigenvalue weighted by molar-refractivity contribution is 6.16. The van der Waals surface area contributed by atoms with Crippen LogP contribution in [-0.2, 0) is 17.9 Å². The Morgan fingerprint density at radius 3 is 2.31 bits per heavy atom. The molecule has 0 saturated carbocycles. The highest BCUT2D eigenvalue weighted by atomic mass is 16.3. The molecule has 0 N–H and O–H groups in total. The first-order valence-corrected chi connectivity index (χ1v) is 11.7. The van der Waals surface area contributed by atoms with E-state index in [0.717, 1.165) is 16.9 Å². The highest BCUT2D eigenvalue weighted by Gasteiger charge is 2.44. The molecule has 0 bridgehead atoms. The summed E-state index contributed by atoms with van der Waals surface area (Å²) in [5, 5.41) is 4.75. The zero-order chi connectivity index (χ0) is 22.4. The molecule has 1 aliphatic carbocycles. The van der Waals surface area contributed by atoms with Crippen molar-refractivity contribution in [2.45, 2.75) is 58.3 Å². The maximum Gasteiger partial charge on any atom is 0.199 e. The van der Waals surface area contributed by atoms with Crippen molar-refractivity contribution in [1.29, 1.82) is 0 Å². The quantitative estimate of drug-likeness (QED) is 0.266. The smallest absolute Gasteiger partial charge is 0.199 e. The Bertz CT molecular complexity index is 1540. The second-order valence-electron chi connectivity index (χ2n) is 10.9. The summed E-state index contributed by atoms with van der Waals surface area (Å²) in [6, 6.07) is 17.4. The van der Waals surface area contributed by atoms with Gasteiger partial charge in [0.15, 0.2) is 24.5 Å². The molecule has 2 heterocycles. The standard InChI is InChI=1S/C29H31N2O/c1-18-11-13-22-21-14-12-19-9-7-8-10-20(19)25(21)32-26(22)24(18)31-27-23(17-30(31)6)28(2,3)15-16-29(27,4)5/h7-14,17H,15-16H2,1-6H3/q+1. The van der Waals surface area contributed by atoms with E-state index < -0.39 is 0 Å². The average Bonchev–Trinajstić information content (AvgIpc) is 3.31. The van der Waals surface area contributed by atoms with Gasteiger partial charge in [0.2, 0.25) is 0 Å². The number of hydrogen-bond acceptors (Lipinski definition) is 1. The minimum atomic E-state index is 0.0967. The van der Waals surface area contributed by atoms with E-state index in [1.165, 1.54) is 51.2 Å². The van der Waals surface area contributed by atoms with Gasteiger partial charge in [0.1, 0.15) is 5.58 Å². The zero-order valence-corrected chi connectivity index (χ0v) is 19.9. The van der Waals surface area contributed by atoms with Crippen LogP contribution in [0.5, 0.6) is 0 Å². The van der Waals surface area contributed by atoms with Gasteiger partial charge in [-0.15, -0.1) is 9.36 Å². The SMILES string of the molecule is Cc1ccc2c(oc3c4ccccc4ccc23)c1-n1c2c(c[n+]1C)C(C)(C)CCC2(C)C. The maximum absolute atomic E-state index is 6.73. The number of aromatic nitrogens is 2. The van der Waals surface area contributed by atoms with E-state index in [-0.39, 0.29) is 10.8 Å². The zero-order valence-electron chi connectivity index (χ0n) is 19.9. The Labute approximate surface area is 189 Å². The predicted molar refractivity (Wildman–Crippen MR) is 132 cm³/mol. The van der Waals surface area contributed by atoms with E-state index in [4.69, 9.17) is 4.42 Å². The minimum Gasteiger partial charge on any atom is -0.453 e. The summed E-state index contributed by atoms with van der Waals surface area (Å²) in [6.07, 6.45) is 4.72. The molecule has 0 radical (unpaired) electrons. The fourth-order valence-electron chi connectivity index (χ4n) is 5.79. The molecule has 6 rings (SSSR count). The molecule has 3 aromatic carbocycles. The van der Waals surface area contributed by atoms with Crippen LogP contribution in [0.25, 0.3) is 38.4 Å². The van der Waals surface area contributed by atoms with E-state index in [9.17, 15) is 0 Å². The summed E-state index contributed by atoms with van der Waals surface area (Å²) >= 11 is 0. The molecule has 0 atom stereocenters. The number of rotatable bonds is 1. The lowest BCUT2D eigenvalue weighted by Gasteiger charge is -2.38. The van der Waals surface area contributed by atoms with Gasteiger partial charge in [0.25, 0.3) is 0 Å². The van der Waals surface area contributed by atoms with Crippen molar-refractivity contribution in [3.8, 4) is 5.69 Å². The summed E-state index contributed by atoms with van der Waals surface area (Å²) in [6.45, 7) is 11.7. The first-order chi connectivity index (χ1) is 15.2. The molecular weight excluding hydrogens is 392 g/mol. The van der Waals surface area contributed by atoms with Gasteiger partial charge in [0.05, 0.1) is 5.69 Å². The Hall–Kier alpha value is -3.07. The molecule has 0 saturated heterocycles. The summed E-state index contributed by atoms with van der Waals surface area (Å²) in [5.74, 6) is 0. The maximum atomic E-state index is 6.73. The highest BCUT2D eigenvalue weighted by Crippen LogP contribution is 2.47. The van der Waals surface area contributed by atoms with Crippen LogP contribution >= 0.6 is 0 Å². The van der Waals surface area contributed by atoms with Crippen LogP contribution in [0.3, 0.4) is 0 Å². The predicted octanol–water partition coefficient (Wildman–Crippen LogP) is 7.01. The van der Waals surface area contributed by atoms with E-state index in [1.807, 2.05) is 0 Å². The van der Waals surface area contributed by atoms with Gasteiger partial charge < -0.3 is 4.42 Å². The van der Waals surface area contributed by atoms with Crippen molar-refractivity contribution in [2.24, 2.45) is 7.05 Å². The van der Waals surface area contributed by atoms with Gasteiger partial charge >= 0.3 is 0 Å². The molecule has 0 unspecified atom stereocenters. The second kappa shape index (κ2) is 6.25. The van der Waals surface area contributed by atoms with E-state index in [1.54, 1.807) is 0 Å². The van der Waals surface area contributed by atoms with E-state index >= 15 is 0 Å². The van der Waals surface area contributed by atoms with Gasteiger partial charge in [0, 0.05) is 27.1 Å². The molecule has 1 aliphatic rings. The van der Waals surface area contributed by atoms with Crippen LogP contribution in [0.15, 0.2) is 59.1 Å². The lowest BCUT2D eigenvalue weighted by Crippen LogP contribution is -2.41. The van der Waals surface area contributed by atoms with Crippen LogP contribution < -0.4 is 4.68 Å². The molecule has 2 aromatic heterocycles. The third kappa shape index (κ3) is 2.51. The Balaban J connectivity index is 1.76. The van der Waals surface area contributed by atoms with Crippen molar-refractivity contribution in [3.05, 3.63) is 71.5 Å². The minimum absolute atomic E-state index is 0.0967. The van der Waals surface area contributed by atoms with Crippen LogP contribution in [-0.4, -0.2) is 4.68 Å². The Morgan fingerprint density at radius 2 is 1.50 bits per heavy atom. The van der Waals surface area contributed by atoms with E-state index in [2.05, 4.69) is 106 Å². The van der Waals surface area contributed by atoms with Crippen LogP contribution in [0.2, 0.25) is 0 Å². The average molecular weight is 424 g/mol. The third-order valence-corrected chi connectivity index (χ3v) is 7.76. The number of fused-ring (bicyclic) bond motifs is 6. The van der Waals surface area contributed by atoms with Crippen LogP contribution in [0, 0.1) is 6.92 Å². The molecule has 32 heavy (non-hydrogen) atoms. The van der Waals surface area contributed by atoms with Crippen LogP contribution in [0.1, 0.15) is 57.4 Å². The van der Waals surface area contributed by atoms with Crippen molar-refractivity contribution in [2.75, 3.05) is 0 Å². The third-order valence-electron chi connectivity index (χ3n) is 7.76. The number of nitrogens with zero attached hydrogens (tertiary/aromatic N) is 2. The molecule has 5 aromatic rings. The molecule has 0 fully saturated rings. The number of aryl methyl sites for hydroxylation is 2. The van der Waals surface area contributed by atoms with Crippen molar-refractivity contribution < 1.29 is 9.10 Å². The number of benzene rings is 3. The Morgan fingerprint density at radius 1 is 0.812 bits per heavy atom. The van der Waals surface area contributed by atoms with Crippen molar-refractivity contribution in [3.63, 3.8) is 0 Å². The summed E-state index contributed by atoms with van der Waals surface area (Å²) in [4.78, 5) is 0. The summed E-state index contributed by atoms with van der Waals surface area (Å²) < 4.78 is 11.4. The topological polar surface area (TPSA) is 21.9 Å². The summed E-state index contributed by atoms with van der Waals surface area (Å²) in [5.41, 5.74) is 7.48. The molecule has 162 valence electrons. The molecule has 3 heteroatoms. The molecule has 0 amide bonds. The largest absolute Gasteiger partial charge is 0.453 e. The number of furan rings is 1. The van der Waals surface area contributed by atoms with Crippen molar-refractivity contribution in [1.82, 2.24) is 4.68 Å². The molecule has 0 aliphatic heterocycles. The fraction of sp³-hybridized carbons (Fsp3) is 0.345. The van der Waals surface area contributed by atoms with Gasteiger partial charge in [-0.05, 0) is 42.2 Å². The molecule has 3 nitrogen and oxygen atoms in total. The van der Waals surface area contributed by atoms with Crippen LogP contribution in [0.4, 0.5) is 0 Å². The van der Waals surface area contributed by atoms with Gasteiger partial charge in [-0.3, -0.25) is 0 Å². The molecular formula is C29H31N2O+. The normalized spacial score (nSPS) is 17.3. The first-order valence-electron chi connectivity index (χ1n) is 11.7. The fourth-order valence-corrected chi connectivity index (χ4v) is 5.79. The van der Waals surface area contributed by atoms with E-state index in [0.29, 0.717) is 0 Å². The monoisotopic (exact) mass is 423 g/mol. The first kappa shape index (κ1) is 19.6. The number of hydrogen-bond donors (Lipinski definition) is 0. The van der Waals surface area contributed by atoms with Crippen molar-refractivity contribution >= 4 is 32.7 Å². The van der Waals surface area contributed by atoms with Gasteiger partial charge in [-0.2, -0.15) is 0 Å². The molecule has 0 spiro atoms.